The number of hydrogen-bond acceptors (Lipinski definition) is 3. The maximum Gasteiger partial charge on any atom is 0.266 e. The topological polar surface area (TPSA) is 62.1 Å². The van der Waals surface area contributed by atoms with Gasteiger partial charge in [0, 0.05) is 11.3 Å². The van der Waals surface area contributed by atoms with Crippen LogP contribution in [0.5, 0.6) is 5.75 Å². The zero-order chi connectivity index (χ0) is 22.4. The van der Waals surface area contributed by atoms with Gasteiger partial charge in [-0.2, -0.15) is 5.26 Å². The van der Waals surface area contributed by atoms with E-state index in [-0.39, 0.29) is 18.0 Å². The number of nitrogens with one attached hydrogen (secondary N) is 1. The summed E-state index contributed by atoms with van der Waals surface area (Å²) in [6, 6.07) is 19.2. The first-order valence-corrected chi connectivity index (χ1v) is 10.3. The normalized spacial score (nSPS) is 11.0. The van der Waals surface area contributed by atoms with E-state index in [1.54, 1.807) is 36.4 Å². The molecule has 0 bridgehead atoms. The van der Waals surface area contributed by atoms with E-state index in [0.29, 0.717) is 27.0 Å². The van der Waals surface area contributed by atoms with Crippen LogP contribution in [0.1, 0.15) is 22.3 Å². The van der Waals surface area contributed by atoms with Gasteiger partial charge in [-0.3, -0.25) is 4.79 Å². The molecule has 0 radical (unpaired) electrons. The number of anilines is 1. The number of ether oxygens (including phenoxy) is 1. The van der Waals surface area contributed by atoms with E-state index in [4.69, 9.17) is 4.74 Å². The van der Waals surface area contributed by atoms with Gasteiger partial charge in [0.2, 0.25) is 0 Å². The van der Waals surface area contributed by atoms with E-state index in [9.17, 15) is 14.4 Å². The Hall–Kier alpha value is -3.43. The summed E-state index contributed by atoms with van der Waals surface area (Å²) in [6.07, 6.45) is 1.50. The number of aryl methyl sites for hydroxylation is 2. The second-order valence-corrected chi connectivity index (χ2v) is 7.87. The fraction of sp³-hybridized carbons (Fsp3) is 0.120. The number of hydrogen-bond donors (Lipinski definition) is 1. The Morgan fingerprint density at radius 2 is 1.94 bits per heavy atom. The fourth-order valence-corrected chi connectivity index (χ4v) is 3.46. The molecule has 0 saturated heterocycles. The molecule has 31 heavy (non-hydrogen) atoms. The number of amides is 1. The van der Waals surface area contributed by atoms with Crippen LogP contribution in [0.3, 0.4) is 0 Å². The van der Waals surface area contributed by atoms with Crippen molar-refractivity contribution >= 4 is 33.6 Å². The van der Waals surface area contributed by atoms with Crippen LogP contribution in [0.25, 0.3) is 6.08 Å². The van der Waals surface area contributed by atoms with Crippen LogP contribution < -0.4 is 10.1 Å². The highest BCUT2D eigenvalue weighted by Gasteiger charge is 2.12. The van der Waals surface area contributed by atoms with Gasteiger partial charge in [-0.1, -0.05) is 42.0 Å². The fourth-order valence-electron chi connectivity index (χ4n) is 2.95. The van der Waals surface area contributed by atoms with Gasteiger partial charge >= 0.3 is 0 Å². The second kappa shape index (κ2) is 10.1. The third-order valence-corrected chi connectivity index (χ3v) is 5.22. The third kappa shape index (κ3) is 5.80. The molecule has 6 heteroatoms. The number of benzene rings is 3. The van der Waals surface area contributed by atoms with Crippen molar-refractivity contribution in [3.8, 4) is 11.8 Å². The summed E-state index contributed by atoms with van der Waals surface area (Å²) in [7, 11) is 0. The van der Waals surface area contributed by atoms with Crippen molar-refractivity contribution < 1.29 is 13.9 Å². The number of carbonyl (C=O) groups is 1. The predicted octanol–water partition coefficient (Wildman–Crippen LogP) is 6.33. The van der Waals surface area contributed by atoms with Crippen molar-refractivity contribution in [1.29, 1.82) is 5.26 Å². The molecule has 3 aromatic rings. The van der Waals surface area contributed by atoms with Crippen LogP contribution >= 0.6 is 15.9 Å². The minimum atomic E-state index is -0.481. The highest BCUT2D eigenvalue weighted by atomic mass is 79.9. The molecule has 0 atom stereocenters. The SMILES string of the molecule is Cc1ccc(NC(=O)C(C#N)=Cc2ccc(OCc3ccccc3F)c(Br)c2)c(C)c1. The summed E-state index contributed by atoms with van der Waals surface area (Å²) in [5.41, 5.74) is 3.76. The van der Waals surface area contributed by atoms with Gasteiger partial charge in [0.15, 0.2) is 0 Å². The minimum Gasteiger partial charge on any atom is -0.488 e. The summed E-state index contributed by atoms with van der Waals surface area (Å²) in [5, 5.41) is 12.2. The van der Waals surface area contributed by atoms with Gasteiger partial charge < -0.3 is 10.1 Å². The van der Waals surface area contributed by atoms with Crippen LogP contribution in [-0.4, -0.2) is 5.91 Å². The smallest absolute Gasteiger partial charge is 0.266 e. The minimum absolute atomic E-state index is 0.0214. The van der Waals surface area contributed by atoms with Gasteiger partial charge in [-0.15, -0.1) is 0 Å². The van der Waals surface area contributed by atoms with E-state index in [1.165, 1.54) is 12.1 Å². The Morgan fingerprint density at radius 1 is 1.16 bits per heavy atom. The number of nitriles is 1. The van der Waals surface area contributed by atoms with Gasteiger partial charge in [0.25, 0.3) is 5.91 Å². The standard InChI is InChI=1S/C25H20BrFN2O2/c1-16-7-9-23(17(2)11-16)29-25(30)20(14-28)12-18-8-10-24(21(26)13-18)31-15-19-5-3-4-6-22(19)27/h3-13H,15H2,1-2H3,(H,29,30). The lowest BCUT2D eigenvalue weighted by Gasteiger charge is -2.10. The zero-order valence-corrected chi connectivity index (χ0v) is 18.7. The van der Waals surface area contributed by atoms with Crippen LogP contribution in [0.15, 0.2) is 70.7 Å². The molecule has 0 aliphatic rings. The highest BCUT2D eigenvalue weighted by Crippen LogP contribution is 2.28. The molecule has 0 aromatic heterocycles. The van der Waals surface area contributed by atoms with E-state index in [0.717, 1.165) is 11.1 Å². The molecule has 3 aromatic carbocycles. The number of nitrogens with zero attached hydrogens (tertiary/aromatic N) is 1. The van der Waals surface area contributed by atoms with Crippen LogP contribution in [0.2, 0.25) is 0 Å². The Morgan fingerprint density at radius 3 is 2.61 bits per heavy atom. The first-order valence-electron chi connectivity index (χ1n) is 9.53. The second-order valence-electron chi connectivity index (χ2n) is 7.01. The van der Waals surface area contributed by atoms with Gasteiger partial charge in [-0.25, -0.2) is 4.39 Å². The van der Waals surface area contributed by atoms with E-state index in [2.05, 4.69) is 21.2 Å². The lowest BCUT2D eigenvalue weighted by Crippen LogP contribution is -2.14. The molecule has 0 aliphatic carbocycles. The van der Waals surface area contributed by atoms with Crippen molar-refractivity contribution in [1.82, 2.24) is 0 Å². The molecule has 0 aliphatic heterocycles. The Labute approximate surface area is 189 Å². The van der Waals surface area contributed by atoms with E-state index in [1.807, 2.05) is 38.1 Å². The Kier molecular flexibility index (Phi) is 7.22. The predicted molar refractivity (Wildman–Crippen MR) is 123 cm³/mol. The summed E-state index contributed by atoms with van der Waals surface area (Å²) < 4.78 is 20.1. The van der Waals surface area contributed by atoms with Crippen LogP contribution in [0, 0.1) is 31.0 Å². The molecular weight excluding hydrogens is 459 g/mol. The lowest BCUT2D eigenvalue weighted by molar-refractivity contribution is -0.112. The van der Waals surface area contributed by atoms with Crippen molar-refractivity contribution in [2.24, 2.45) is 0 Å². The van der Waals surface area contributed by atoms with Crippen LogP contribution in [0.4, 0.5) is 10.1 Å². The molecule has 0 unspecified atom stereocenters. The maximum absolute atomic E-state index is 13.7. The number of rotatable bonds is 6. The first kappa shape index (κ1) is 22.3. The summed E-state index contributed by atoms with van der Waals surface area (Å²) in [6.45, 7) is 3.96. The molecule has 0 fully saturated rings. The average molecular weight is 479 g/mol. The van der Waals surface area contributed by atoms with Gasteiger partial charge in [0.05, 0.1) is 4.47 Å². The quantitative estimate of drug-likeness (QED) is 0.332. The molecule has 0 heterocycles. The highest BCUT2D eigenvalue weighted by molar-refractivity contribution is 9.10. The monoisotopic (exact) mass is 478 g/mol. The average Bonchev–Trinajstić information content (AvgIpc) is 2.74. The summed E-state index contributed by atoms with van der Waals surface area (Å²) in [4.78, 5) is 12.6. The van der Waals surface area contributed by atoms with Crippen LogP contribution in [-0.2, 0) is 11.4 Å². The van der Waals surface area contributed by atoms with E-state index < -0.39 is 5.91 Å². The zero-order valence-electron chi connectivity index (χ0n) is 17.1. The summed E-state index contributed by atoms with van der Waals surface area (Å²) >= 11 is 3.43. The van der Waals surface area contributed by atoms with Crippen molar-refractivity contribution in [3.63, 3.8) is 0 Å². The Bertz CT molecular complexity index is 1200. The number of carbonyl (C=O) groups excluding carboxylic acids is 1. The largest absolute Gasteiger partial charge is 0.488 e. The molecule has 1 amide bonds. The van der Waals surface area contributed by atoms with Gasteiger partial charge in [-0.05, 0) is 71.2 Å². The maximum atomic E-state index is 13.7. The summed E-state index contributed by atoms with van der Waals surface area (Å²) in [5.74, 6) is -0.282. The molecule has 156 valence electrons. The third-order valence-electron chi connectivity index (χ3n) is 4.60. The molecule has 1 N–H and O–H groups in total. The number of halogens is 2. The lowest BCUT2D eigenvalue weighted by atomic mass is 10.1. The molecule has 0 saturated carbocycles. The Balaban J connectivity index is 1.73. The molecule has 0 spiro atoms. The first-order chi connectivity index (χ1) is 14.9. The molecule has 3 rings (SSSR count). The van der Waals surface area contributed by atoms with Crippen molar-refractivity contribution in [2.45, 2.75) is 20.5 Å². The van der Waals surface area contributed by atoms with Crippen molar-refractivity contribution in [2.75, 3.05) is 5.32 Å². The molecular formula is C25H20BrFN2O2. The van der Waals surface area contributed by atoms with Gasteiger partial charge in [0.1, 0.15) is 29.8 Å². The molecule has 4 nitrogen and oxygen atoms in total. The van der Waals surface area contributed by atoms with Crippen molar-refractivity contribution in [3.05, 3.63) is 98.8 Å². The van der Waals surface area contributed by atoms with E-state index >= 15 is 0 Å².